The van der Waals surface area contributed by atoms with Gasteiger partial charge in [0.25, 0.3) is 0 Å². The normalized spacial score (nSPS) is 11.8. The van der Waals surface area contributed by atoms with E-state index in [9.17, 15) is 9.59 Å². The fraction of sp³-hybridized carbons (Fsp3) is 0.429. The highest BCUT2D eigenvalue weighted by atomic mass is 16.4. The van der Waals surface area contributed by atoms with Gasteiger partial charge in [-0.05, 0) is 0 Å². The molecule has 0 rings (SSSR count). The molecule has 5 nitrogen and oxygen atoms in total. The summed E-state index contributed by atoms with van der Waals surface area (Å²) in [6.45, 7) is 3.84. The number of carbonyl (C=O) groups excluding carboxylic acids is 1. The second-order valence-electron chi connectivity index (χ2n) is 2.15. The maximum absolute atomic E-state index is 10.8. The average molecular weight is 173 g/mol. The molecule has 0 aromatic heterocycles. The minimum Gasteiger partial charge on any atom is -0.480 e. The van der Waals surface area contributed by atoms with Crippen molar-refractivity contribution in [2.45, 2.75) is 13.0 Å². The smallest absolute Gasteiger partial charge is 0.329 e. The van der Waals surface area contributed by atoms with Gasteiger partial charge in [0.1, 0.15) is 0 Å². The fourth-order valence-corrected chi connectivity index (χ4v) is 0.760. The lowest BCUT2D eigenvalue weighted by atomic mass is 10.3. The molecule has 0 unspecified atom stereocenters. The van der Waals surface area contributed by atoms with E-state index >= 15 is 0 Å². The van der Waals surface area contributed by atoms with Crippen LogP contribution in [0.15, 0.2) is 12.8 Å². The van der Waals surface area contributed by atoms with Gasteiger partial charge >= 0.3 is 5.97 Å². The monoisotopic (exact) mass is 173 g/mol. The second kappa shape index (κ2) is 4.50. The molecule has 0 aromatic rings. The van der Waals surface area contributed by atoms with Crippen molar-refractivity contribution >= 4 is 11.9 Å². The molecule has 2 N–H and O–H groups in total. The number of aliphatic carboxylic acids is 1. The molecule has 0 fully saturated rings. The average Bonchev–Trinajstić information content (AvgIpc) is 1.98. The molecule has 5 heteroatoms. The number of hydrogen-bond acceptors (Lipinski definition) is 3. The van der Waals surface area contributed by atoms with Crippen molar-refractivity contribution in [3.8, 4) is 0 Å². The van der Waals surface area contributed by atoms with Crippen molar-refractivity contribution in [3.05, 3.63) is 12.8 Å². The van der Waals surface area contributed by atoms with Crippen molar-refractivity contribution in [1.29, 1.82) is 0 Å². The molecule has 0 aliphatic carbocycles. The fourth-order valence-electron chi connectivity index (χ4n) is 0.760. The van der Waals surface area contributed by atoms with Crippen LogP contribution in [0.4, 0.5) is 0 Å². The molecule has 0 heterocycles. The number of carboxylic acids is 1. The zero-order valence-corrected chi connectivity index (χ0v) is 6.73. The van der Waals surface area contributed by atoms with E-state index in [1.165, 1.54) is 6.92 Å². The number of rotatable bonds is 4. The standard InChI is InChI=1S/C7H11NO4/c1-3-8(5(2)10)6(4-9)7(11)12/h3,6,9H,1,4H2,2H3,(H,11,12)/t6-/m0/s1. The van der Waals surface area contributed by atoms with E-state index in [1.807, 2.05) is 0 Å². The van der Waals surface area contributed by atoms with Crippen LogP contribution < -0.4 is 0 Å². The van der Waals surface area contributed by atoms with Gasteiger partial charge in [0.15, 0.2) is 6.04 Å². The zero-order chi connectivity index (χ0) is 9.72. The van der Waals surface area contributed by atoms with Gasteiger partial charge in [0, 0.05) is 13.1 Å². The number of hydrogen-bond donors (Lipinski definition) is 2. The van der Waals surface area contributed by atoms with E-state index in [2.05, 4.69) is 6.58 Å². The van der Waals surface area contributed by atoms with Crippen molar-refractivity contribution in [2.24, 2.45) is 0 Å². The molecule has 1 amide bonds. The highest BCUT2D eigenvalue weighted by Crippen LogP contribution is 2.00. The predicted octanol–water partition coefficient (Wildman–Crippen LogP) is -0.576. The third kappa shape index (κ3) is 2.35. The minimum atomic E-state index is -1.26. The first kappa shape index (κ1) is 10.6. The van der Waals surface area contributed by atoms with Crippen LogP contribution in [0.5, 0.6) is 0 Å². The molecule has 68 valence electrons. The Morgan fingerprint density at radius 1 is 1.67 bits per heavy atom. The predicted molar refractivity (Wildman–Crippen MR) is 41.2 cm³/mol. The Morgan fingerprint density at radius 3 is 2.25 bits per heavy atom. The van der Waals surface area contributed by atoms with Gasteiger partial charge in [0.2, 0.25) is 5.91 Å². The van der Waals surface area contributed by atoms with Crippen LogP contribution >= 0.6 is 0 Å². The maximum atomic E-state index is 10.8. The number of carbonyl (C=O) groups is 2. The number of amides is 1. The molecule has 12 heavy (non-hydrogen) atoms. The SMILES string of the molecule is C=CN(C(C)=O)[C@@H](CO)C(=O)O. The van der Waals surface area contributed by atoms with Gasteiger partial charge in [0.05, 0.1) is 6.61 Å². The lowest BCUT2D eigenvalue weighted by molar-refractivity contribution is -0.148. The lowest BCUT2D eigenvalue weighted by Gasteiger charge is -2.21. The van der Waals surface area contributed by atoms with E-state index in [0.717, 1.165) is 11.1 Å². The molecule has 0 radical (unpaired) electrons. The summed E-state index contributed by atoms with van der Waals surface area (Å²) >= 11 is 0. The summed E-state index contributed by atoms with van der Waals surface area (Å²) in [5, 5.41) is 17.1. The second-order valence-corrected chi connectivity index (χ2v) is 2.15. The van der Waals surface area contributed by atoms with Crippen molar-refractivity contribution < 1.29 is 19.8 Å². The summed E-state index contributed by atoms with van der Waals surface area (Å²) in [6.07, 6.45) is 1.08. The third-order valence-corrected chi connectivity index (χ3v) is 1.35. The Balaban J connectivity index is 4.55. The number of carboxylic acid groups (broad SMARTS) is 1. The van der Waals surface area contributed by atoms with Crippen LogP contribution in [0.1, 0.15) is 6.92 Å². The first-order valence-corrected chi connectivity index (χ1v) is 3.29. The third-order valence-electron chi connectivity index (χ3n) is 1.35. The first-order chi connectivity index (χ1) is 5.54. The summed E-state index contributed by atoms with van der Waals surface area (Å²) in [5.74, 6) is -1.72. The Labute approximate surface area is 69.9 Å². The van der Waals surface area contributed by atoms with Gasteiger partial charge < -0.3 is 15.1 Å². The molecule has 0 aromatic carbocycles. The molecule has 1 atom stereocenters. The van der Waals surface area contributed by atoms with Crippen molar-refractivity contribution in [1.82, 2.24) is 4.90 Å². The van der Waals surface area contributed by atoms with Gasteiger partial charge in [-0.15, -0.1) is 0 Å². The van der Waals surface area contributed by atoms with Crippen LogP contribution in [0.2, 0.25) is 0 Å². The van der Waals surface area contributed by atoms with Crippen LogP contribution in [0.3, 0.4) is 0 Å². The molecule has 0 aliphatic heterocycles. The van der Waals surface area contributed by atoms with Gasteiger partial charge in [-0.2, -0.15) is 0 Å². The van der Waals surface area contributed by atoms with E-state index in [1.54, 1.807) is 0 Å². The molecule has 0 saturated heterocycles. The molecule has 0 saturated carbocycles. The number of aliphatic hydroxyl groups is 1. The van der Waals surface area contributed by atoms with Crippen LogP contribution in [0.25, 0.3) is 0 Å². The Hall–Kier alpha value is -1.36. The summed E-state index contributed by atoms with van der Waals surface area (Å²) in [6, 6.07) is -1.24. The molecular formula is C7H11NO4. The Kier molecular flexibility index (Phi) is 3.99. The number of aliphatic hydroxyl groups excluding tert-OH is 1. The van der Waals surface area contributed by atoms with Crippen molar-refractivity contribution in [2.75, 3.05) is 6.61 Å². The Bertz CT molecular complexity index is 202. The Morgan fingerprint density at radius 2 is 2.17 bits per heavy atom. The summed E-state index contributed by atoms with van der Waals surface area (Å²) in [7, 11) is 0. The lowest BCUT2D eigenvalue weighted by Crippen LogP contribution is -2.42. The van der Waals surface area contributed by atoms with Crippen LogP contribution in [-0.4, -0.2) is 39.6 Å². The molecular weight excluding hydrogens is 162 g/mol. The quantitative estimate of drug-likeness (QED) is 0.596. The highest BCUT2D eigenvalue weighted by molar-refractivity contribution is 5.83. The van der Waals surface area contributed by atoms with E-state index in [4.69, 9.17) is 10.2 Å². The van der Waals surface area contributed by atoms with E-state index < -0.39 is 24.5 Å². The van der Waals surface area contributed by atoms with Crippen molar-refractivity contribution in [3.63, 3.8) is 0 Å². The number of nitrogens with zero attached hydrogens (tertiary/aromatic N) is 1. The summed E-state index contributed by atoms with van der Waals surface area (Å²) in [4.78, 5) is 22.1. The van der Waals surface area contributed by atoms with Gasteiger partial charge in [-0.1, -0.05) is 6.58 Å². The molecule has 0 bridgehead atoms. The van der Waals surface area contributed by atoms with Crippen LogP contribution in [0, 0.1) is 0 Å². The zero-order valence-electron chi connectivity index (χ0n) is 6.73. The van der Waals surface area contributed by atoms with E-state index in [0.29, 0.717) is 0 Å². The minimum absolute atomic E-state index is 0.466. The topological polar surface area (TPSA) is 77.8 Å². The summed E-state index contributed by atoms with van der Waals surface area (Å²) < 4.78 is 0. The first-order valence-electron chi connectivity index (χ1n) is 3.29. The van der Waals surface area contributed by atoms with Gasteiger partial charge in [-0.25, -0.2) is 4.79 Å². The maximum Gasteiger partial charge on any atom is 0.329 e. The molecule has 0 aliphatic rings. The van der Waals surface area contributed by atoms with E-state index in [-0.39, 0.29) is 0 Å². The largest absolute Gasteiger partial charge is 0.480 e. The highest BCUT2D eigenvalue weighted by Gasteiger charge is 2.24. The van der Waals surface area contributed by atoms with Crippen LogP contribution in [-0.2, 0) is 9.59 Å². The molecule has 0 spiro atoms. The van der Waals surface area contributed by atoms with Gasteiger partial charge in [-0.3, -0.25) is 4.79 Å². The summed E-state index contributed by atoms with van der Waals surface area (Å²) in [5.41, 5.74) is 0.